The lowest BCUT2D eigenvalue weighted by molar-refractivity contribution is -0.116. The van der Waals surface area contributed by atoms with E-state index in [1.807, 2.05) is 25.1 Å². The molecular weight excluding hydrogens is 370 g/mol. The van der Waals surface area contributed by atoms with Crippen LogP contribution in [0.15, 0.2) is 47.5 Å². The smallest absolute Gasteiger partial charge is 0.261 e. The van der Waals surface area contributed by atoms with Gasteiger partial charge in [-0.3, -0.25) is 14.2 Å². The summed E-state index contributed by atoms with van der Waals surface area (Å²) in [5.74, 6) is 0.503. The van der Waals surface area contributed by atoms with E-state index >= 15 is 0 Å². The third kappa shape index (κ3) is 3.12. The molecule has 0 radical (unpaired) electrons. The van der Waals surface area contributed by atoms with E-state index in [9.17, 15) is 9.59 Å². The molecule has 148 valence electrons. The van der Waals surface area contributed by atoms with Crippen molar-refractivity contribution in [2.75, 3.05) is 5.32 Å². The molecule has 7 nitrogen and oxygen atoms in total. The van der Waals surface area contributed by atoms with Crippen LogP contribution in [-0.4, -0.2) is 21.2 Å². The number of anilines is 1. The largest absolute Gasteiger partial charge is 0.448 e. The number of rotatable bonds is 3. The highest BCUT2D eigenvalue weighted by Crippen LogP contribution is 2.47. The molecule has 5 rings (SSSR count). The molecular formula is C22H21N3O4. The molecule has 7 heteroatoms. The quantitative estimate of drug-likeness (QED) is 0.740. The standard InChI is InChI=1S/C22H21N3O4/c1-14-5-4-6-16-20(14)23-13-25(21(16)27)12-19(26)24-15-7-8-17-18(11-15)29-22(28-17)9-2-3-10-22/h4-8,11,13H,2-3,9-10,12H2,1H3,(H,24,26). The summed E-state index contributed by atoms with van der Waals surface area (Å²) in [5, 5.41) is 3.33. The van der Waals surface area contributed by atoms with Crippen molar-refractivity contribution >= 4 is 22.5 Å². The molecule has 29 heavy (non-hydrogen) atoms. The number of para-hydroxylation sites is 1. The number of benzene rings is 2. The van der Waals surface area contributed by atoms with E-state index < -0.39 is 5.79 Å². The first-order valence-corrected chi connectivity index (χ1v) is 9.80. The average molecular weight is 391 g/mol. The van der Waals surface area contributed by atoms with Gasteiger partial charge in [0.15, 0.2) is 11.5 Å². The fourth-order valence-corrected chi connectivity index (χ4v) is 4.09. The van der Waals surface area contributed by atoms with Crippen molar-refractivity contribution in [1.82, 2.24) is 9.55 Å². The van der Waals surface area contributed by atoms with Gasteiger partial charge in [-0.05, 0) is 43.5 Å². The molecule has 1 N–H and O–H groups in total. The van der Waals surface area contributed by atoms with Crippen molar-refractivity contribution in [3.05, 3.63) is 58.6 Å². The number of aromatic nitrogens is 2. The van der Waals surface area contributed by atoms with Gasteiger partial charge in [0, 0.05) is 24.6 Å². The lowest BCUT2D eigenvalue weighted by Crippen LogP contribution is -2.34. The number of fused-ring (bicyclic) bond motifs is 2. The maximum absolute atomic E-state index is 12.7. The second kappa shape index (κ2) is 6.62. The van der Waals surface area contributed by atoms with Crippen LogP contribution in [0.3, 0.4) is 0 Å². The van der Waals surface area contributed by atoms with E-state index in [4.69, 9.17) is 9.47 Å². The van der Waals surface area contributed by atoms with Gasteiger partial charge in [-0.15, -0.1) is 0 Å². The van der Waals surface area contributed by atoms with E-state index in [1.54, 1.807) is 18.2 Å². The summed E-state index contributed by atoms with van der Waals surface area (Å²) in [6.07, 6.45) is 5.35. The number of amides is 1. The van der Waals surface area contributed by atoms with Crippen LogP contribution in [0.2, 0.25) is 0 Å². The Kier molecular flexibility index (Phi) is 4.04. The van der Waals surface area contributed by atoms with Crippen molar-refractivity contribution in [2.45, 2.75) is 44.9 Å². The molecule has 1 aromatic heterocycles. The molecule has 0 atom stereocenters. The number of carbonyl (C=O) groups excluding carboxylic acids is 1. The second-order valence-electron chi connectivity index (χ2n) is 7.68. The van der Waals surface area contributed by atoms with Gasteiger partial charge in [0.25, 0.3) is 11.3 Å². The summed E-state index contributed by atoms with van der Waals surface area (Å²) >= 11 is 0. The zero-order valence-electron chi connectivity index (χ0n) is 16.1. The summed E-state index contributed by atoms with van der Waals surface area (Å²) in [5.41, 5.74) is 1.95. The van der Waals surface area contributed by atoms with Crippen LogP contribution in [0, 0.1) is 6.92 Å². The molecule has 1 fully saturated rings. The number of nitrogens with zero attached hydrogens (tertiary/aromatic N) is 2. The van der Waals surface area contributed by atoms with Gasteiger partial charge in [-0.25, -0.2) is 4.98 Å². The Morgan fingerprint density at radius 3 is 2.79 bits per heavy atom. The number of hydrogen-bond donors (Lipinski definition) is 1. The molecule has 3 aromatic rings. The van der Waals surface area contributed by atoms with Crippen molar-refractivity contribution in [1.29, 1.82) is 0 Å². The Labute approximate surface area is 167 Å². The molecule has 0 bridgehead atoms. The minimum atomic E-state index is -0.535. The van der Waals surface area contributed by atoms with Gasteiger partial charge in [-0.2, -0.15) is 0 Å². The molecule has 1 amide bonds. The van der Waals surface area contributed by atoms with Gasteiger partial charge in [0.1, 0.15) is 6.54 Å². The van der Waals surface area contributed by atoms with Crippen molar-refractivity contribution in [3.63, 3.8) is 0 Å². The number of aryl methyl sites for hydroxylation is 1. The summed E-state index contributed by atoms with van der Waals surface area (Å²) in [4.78, 5) is 29.5. The number of carbonyl (C=O) groups is 1. The molecule has 1 aliphatic heterocycles. The molecule has 0 unspecified atom stereocenters. The Bertz CT molecular complexity index is 1180. The predicted octanol–water partition coefficient (Wildman–Crippen LogP) is 3.39. The number of nitrogens with one attached hydrogen (secondary N) is 1. The minimum absolute atomic E-state index is 0.117. The van der Waals surface area contributed by atoms with Gasteiger partial charge in [0.05, 0.1) is 17.2 Å². The predicted molar refractivity (Wildman–Crippen MR) is 108 cm³/mol. The van der Waals surface area contributed by atoms with Gasteiger partial charge < -0.3 is 14.8 Å². The van der Waals surface area contributed by atoms with E-state index in [1.165, 1.54) is 10.9 Å². The van der Waals surface area contributed by atoms with E-state index in [0.29, 0.717) is 28.1 Å². The van der Waals surface area contributed by atoms with Crippen LogP contribution < -0.4 is 20.3 Å². The summed E-state index contributed by atoms with van der Waals surface area (Å²) < 4.78 is 13.3. The Hall–Kier alpha value is -3.35. The normalized spacial score (nSPS) is 16.4. The fourth-order valence-electron chi connectivity index (χ4n) is 4.09. The van der Waals surface area contributed by atoms with Crippen LogP contribution in [0.25, 0.3) is 10.9 Å². The molecule has 1 spiro atoms. The monoisotopic (exact) mass is 391 g/mol. The molecule has 2 aromatic carbocycles. The zero-order chi connectivity index (χ0) is 20.0. The van der Waals surface area contributed by atoms with Crippen LogP contribution in [0.4, 0.5) is 5.69 Å². The molecule has 1 saturated carbocycles. The topological polar surface area (TPSA) is 82.5 Å². The highest BCUT2D eigenvalue weighted by Gasteiger charge is 2.44. The SMILES string of the molecule is Cc1cccc2c(=O)n(CC(=O)Nc3ccc4c(c3)OC3(CCCC3)O4)cnc12. The van der Waals surface area contributed by atoms with Crippen LogP contribution in [0.1, 0.15) is 31.2 Å². The van der Waals surface area contributed by atoms with Gasteiger partial charge in [0.2, 0.25) is 5.91 Å². The molecule has 1 aliphatic carbocycles. The Balaban J connectivity index is 1.33. The van der Waals surface area contributed by atoms with Crippen LogP contribution >= 0.6 is 0 Å². The zero-order valence-corrected chi connectivity index (χ0v) is 16.1. The van der Waals surface area contributed by atoms with Crippen molar-refractivity contribution < 1.29 is 14.3 Å². The first-order chi connectivity index (χ1) is 14.0. The third-order valence-corrected chi connectivity index (χ3v) is 5.55. The van der Waals surface area contributed by atoms with Crippen molar-refractivity contribution in [2.24, 2.45) is 0 Å². The van der Waals surface area contributed by atoms with E-state index in [2.05, 4.69) is 10.3 Å². The van der Waals surface area contributed by atoms with Crippen molar-refractivity contribution in [3.8, 4) is 11.5 Å². The average Bonchev–Trinajstić information content (AvgIpc) is 3.30. The molecule has 2 heterocycles. The minimum Gasteiger partial charge on any atom is -0.448 e. The number of ether oxygens (including phenoxy) is 2. The first-order valence-electron chi connectivity index (χ1n) is 9.80. The van der Waals surface area contributed by atoms with E-state index in [0.717, 1.165) is 31.2 Å². The lowest BCUT2D eigenvalue weighted by atomic mass is 10.1. The second-order valence-corrected chi connectivity index (χ2v) is 7.68. The third-order valence-electron chi connectivity index (χ3n) is 5.55. The highest BCUT2D eigenvalue weighted by atomic mass is 16.7. The maximum Gasteiger partial charge on any atom is 0.261 e. The fraction of sp³-hybridized carbons (Fsp3) is 0.318. The Morgan fingerprint density at radius 2 is 1.97 bits per heavy atom. The van der Waals surface area contributed by atoms with Crippen LogP contribution in [-0.2, 0) is 11.3 Å². The Morgan fingerprint density at radius 1 is 1.17 bits per heavy atom. The lowest BCUT2D eigenvalue weighted by Gasteiger charge is -2.21. The number of hydrogen-bond acceptors (Lipinski definition) is 5. The highest BCUT2D eigenvalue weighted by molar-refractivity contribution is 5.91. The molecule has 0 saturated heterocycles. The first kappa shape index (κ1) is 17.7. The maximum atomic E-state index is 12.7. The summed E-state index contributed by atoms with van der Waals surface area (Å²) in [6, 6.07) is 10.8. The molecule has 2 aliphatic rings. The summed E-state index contributed by atoms with van der Waals surface area (Å²) in [6.45, 7) is 1.79. The van der Waals surface area contributed by atoms with E-state index in [-0.39, 0.29) is 18.0 Å². The van der Waals surface area contributed by atoms with Crippen LogP contribution in [0.5, 0.6) is 11.5 Å². The summed E-state index contributed by atoms with van der Waals surface area (Å²) in [7, 11) is 0. The van der Waals surface area contributed by atoms with Gasteiger partial charge >= 0.3 is 0 Å². The van der Waals surface area contributed by atoms with Gasteiger partial charge in [-0.1, -0.05) is 12.1 Å².